The molecular formula is C19H21N5O3. The van der Waals surface area contributed by atoms with Crippen LogP contribution in [0.5, 0.6) is 0 Å². The number of anilines is 2. The molecule has 3 rings (SSSR count). The van der Waals surface area contributed by atoms with Gasteiger partial charge in [-0.25, -0.2) is 14.5 Å². The number of pyridine rings is 1. The van der Waals surface area contributed by atoms with Crippen LogP contribution in [-0.4, -0.2) is 35.5 Å². The van der Waals surface area contributed by atoms with E-state index in [0.29, 0.717) is 30.8 Å². The van der Waals surface area contributed by atoms with Crippen molar-refractivity contribution in [3.05, 3.63) is 54.4 Å². The molecule has 27 heavy (non-hydrogen) atoms. The third kappa shape index (κ3) is 4.41. The van der Waals surface area contributed by atoms with Crippen LogP contribution >= 0.6 is 0 Å². The van der Waals surface area contributed by atoms with E-state index in [2.05, 4.69) is 20.9 Å². The van der Waals surface area contributed by atoms with Gasteiger partial charge in [0.2, 0.25) is 0 Å². The molecule has 1 saturated heterocycles. The van der Waals surface area contributed by atoms with E-state index in [-0.39, 0.29) is 11.9 Å². The van der Waals surface area contributed by atoms with E-state index in [1.165, 1.54) is 0 Å². The standard InChI is InChI=1S/C19H21N5O3/c1-2-16-17(25)24(19(27)23-16)15-5-3-4-14(12-15)22-18(26)21-11-8-13-6-9-20-10-7-13/h3-7,9-10,12,16H,2,8,11H2,1H3,(H,23,27)(H2,21,22,26)/t16-/m0/s1. The van der Waals surface area contributed by atoms with Gasteiger partial charge in [0.25, 0.3) is 5.91 Å². The average molecular weight is 367 g/mol. The lowest BCUT2D eigenvalue weighted by atomic mass is 10.2. The maximum atomic E-state index is 12.3. The largest absolute Gasteiger partial charge is 0.338 e. The molecule has 2 aromatic rings. The normalized spacial score (nSPS) is 16.2. The number of urea groups is 2. The first-order valence-corrected chi connectivity index (χ1v) is 8.76. The van der Waals surface area contributed by atoms with Crippen LogP contribution in [0.2, 0.25) is 0 Å². The Balaban J connectivity index is 1.58. The van der Waals surface area contributed by atoms with E-state index < -0.39 is 12.1 Å². The molecule has 0 bridgehead atoms. The van der Waals surface area contributed by atoms with Gasteiger partial charge in [-0.3, -0.25) is 9.78 Å². The summed E-state index contributed by atoms with van der Waals surface area (Å²) in [5.41, 5.74) is 1.99. The van der Waals surface area contributed by atoms with E-state index in [1.807, 2.05) is 19.1 Å². The van der Waals surface area contributed by atoms with Crippen LogP contribution < -0.4 is 20.9 Å². The molecule has 0 radical (unpaired) electrons. The molecule has 1 atom stereocenters. The van der Waals surface area contributed by atoms with Gasteiger partial charge in [0, 0.05) is 24.6 Å². The van der Waals surface area contributed by atoms with Crippen LogP contribution in [-0.2, 0) is 11.2 Å². The first-order valence-electron chi connectivity index (χ1n) is 8.76. The SMILES string of the molecule is CC[C@@H]1NC(=O)N(c2cccc(NC(=O)NCCc3ccncc3)c2)C1=O. The number of hydrogen-bond acceptors (Lipinski definition) is 4. The third-order valence-corrected chi connectivity index (χ3v) is 4.24. The number of nitrogens with one attached hydrogen (secondary N) is 3. The predicted molar refractivity (Wildman–Crippen MR) is 102 cm³/mol. The lowest BCUT2D eigenvalue weighted by molar-refractivity contribution is -0.118. The summed E-state index contributed by atoms with van der Waals surface area (Å²) in [5, 5.41) is 8.13. The van der Waals surface area contributed by atoms with Crippen molar-refractivity contribution in [2.75, 3.05) is 16.8 Å². The van der Waals surface area contributed by atoms with Crippen LogP contribution in [0.4, 0.5) is 21.0 Å². The maximum absolute atomic E-state index is 12.3. The molecule has 1 aromatic heterocycles. The molecule has 140 valence electrons. The summed E-state index contributed by atoms with van der Waals surface area (Å²) in [5.74, 6) is -0.290. The number of benzene rings is 1. The number of carbonyl (C=O) groups excluding carboxylic acids is 3. The Morgan fingerprint density at radius 3 is 2.70 bits per heavy atom. The second-order valence-corrected chi connectivity index (χ2v) is 6.12. The third-order valence-electron chi connectivity index (χ3n) is 4.24. The van der Waals surface area contributed by atoms with E-state index in [0.717, 1.165) is 10.5 Å². The second kappa shape index (κ2) is 8.31. The summed E-state index contributed by atoms with van der Waals surface area (Å²) < 4.78 is 0. The Morgan fingerprint density at radius 2 is 2.00 bits per heavy atom. The number of aromatic nitrogens is 1. The molecule has 8 heteroatoms. The van der Waals surface area contributed by atoms with Crippen LogP contribution in [0.3, 0.4) is 0 Å². The average Bonchev–Trinajstić information content (AvgIpc) is 2.96. The Bertz CT molecular complexity index is 840. The van der Waals surface area contributed by atoms with Crippen LogP contribution in [0.1, 0.15) is 18.9 Å². The van der Waals surface area contributed by atoms with E-state index in [9.17, 15) is 14.4 Å². The van der Waals surface area contributed by atoms with Crippen molar-refractivity contribution in [1.82, 2.24) is 15.6 Å². The van der Waals surface area contributed by atoms with Gasteiger partial charge < -0.3 is 16.0 Å². The van der Waals surface area contributed by atoms with Gasteiger partial charge in [-0.15, -0.1) is 0 Å². The second-order valence-electron chi connectivity index (χ2n) is 6.12. The van der Waals surface area contributed by atoms with Crippen LogP contribution in [0.25, 0.3) is 0 Å². The van der Waals surface area contributed by atoms with E-state index in [4.69, 9.17) is 0 Å². The molecule has 1 aromatic carbocycles. The topological polar surface area (TPSA) is 103 Å². The Hall–Kier alpha value is -3.42. The van der Waals surface area contributed by atoms with Crippen LogP contribution in [0, 0.1) is 0 Å². The summed E-state index contributed by atoms with van der Waals surface area (Å²) in [7, 11) is 0. The van der Waals surface area contributed by atoms with Crippen molar-refractivity contribution < 1.29 is 14.4 Å². The summed E-state index contributed by atoms with van der Waals surface area (Å²) in [6.45, 7) is 2.31. The summed E-state index contributed by atoms with van der Waals surface area (Å²) >= 11 is 0. The van der Waals surface area contributed by atoms with Crippen LogP contribution in [0.15, 0.2) is 48.8 Å². The fraction of sp³-hybridized carbons (Fsp3) is 0.263. The van der Waals surface area contributed by atoms with Crippen molar-refractivity contribution >= 4 is 29.3 Å². The molecule has 0 saturated carbocycles. The highest BCUT2D eigenvalue weighted by atomic mass is 16.2. The molecule has 0 unspecified atom stereocenters. The van der Waals surface area contributed by atoms with Crippen molar-refractivity contribution in [1.29, 1.82) is 0 Å². The van der Waals surface area contributed by atoms with E-state index in [1.54, 1.807) is 36.7 Å². The zero-order valence-electron chi connectivity index (χ0n) is 14.9. The van der Waals surface area contributed by atoms with Crippen molar-refractivity contribution in [3.8, 4) is 0 Å². The smallest absolute Gasteiger partial charge is 0.329 e. The molecular weight excluding hydrogens is 346 g/mol. The van der Waals surface area contributed by atoms with Gasteiger partial charge in [-0.2, -0.15) is 0 Å². The predicted octanol–water partition coefficient (Wildman–Crippen LogP) is 2.28. The van der Waals surface area contributed by atoms with Gasteiger partial charge >= 0.3 is 12.1 Å². The van der Waals surface area contributed by atoms with Crippen molar-refractivity contribution in [3.63, 3.8) is 0 Å². The van der Waals surface area contributed by atoms with Gasteiger partial charge in [0.1, 0.15) is 6.04 Å². The first kappa shape index (κ1) is 18.4. The Labute approximate surface area is 157 Å². The maximum Gasteiger partial charge on any atom is 0.329 e. The Morgan fingerprint density at radius 1 is 1.22 bits per heavy atom. The number of imide groups is 1. The van der Waals surface area contributed by atoms with E-state index >= 15 is 0 Å². The number of hydrogen-bond donors (Lipinski definition) is 3. The monoisotopic (exact) mass is 367 g/mol. The van der Waals surface area contributed by atoms with Gasteiger partial charge in [-0.05, 0) is 48.7 Å². The number of rotatable bonds is 6. The number of nitrogens with zero attached hydrogens (tertiary/aromatic N) is 2. The summed E-state index contributed by atoms with van der Waals surface area (Å²) in [6.07, 6.45) is 4.63. The molecule has 0 aliphatic carbocycles. The molecule has 1 aliphatic rings. The molecule has 1 aliphatic heterocycles. The minimum Gasteiger partial charge on any atom is -0.338 e. The fourth-order valence-corrected chi connectivity index (χ4v) is 2.82. The molecule has 8 nitrogen and oxygen atoms in total. The van der Waals surface area contributed by atoms with Gasteiger partial charge in [0.15, 0.2) is 0 Å². The lowest BCUT2D eigenvalue weighted by Gasteiger charge is -2.14. The molecule has 1 fully saturated rings. The fourth-order valence-electron chi connectivity index (χ4n) is 2.82. The summed E-state index contributed by atoms with van der Waals surface area (Å²) in [6, 6.07) is 9.10. The minimum atomic E-state index is -0.509. The van der Waals surface area contributed by atoms with Crippen molar-refractivity contribution in [2.45, 2.75) is 25.8 Å². The number of amides is 5. The highest BCUT2D eigenvalue weighted by Crippen LogP contribution is 2.23. The molecule has 3 N–H and O–H groups in total. The lowest BCUT2D eigenvalue weighted by Crippen LogP contribution is -2.32. The quantitative estimate of drug-likeness (QED) is 0.682. The minimum absolute atomic E-state index is 0.290. The van der Waals surface area contributed by atoms with Gasteiger partial charge in [0.05, 0.1) is 5.69 Å². The van der Waals surface area contributed by atoms with Gasteiger partial charge in [-0.1, -0.05) is 13.0 Å². The highest BCUT2D eigenvalue weighted by molar-refractivity contribution is 6.21. The zero-order chi connectivity index (χ0) is 19.2. The van der Waals surface area contributed by atoms with Crippen molar-refractivity contribution in [2.24, 2.45) is 0 Å². The zero-order valence-corrected chi connectivity index (χ0v) is 14.9. The molecule has 0 spiro atoms. The molecule has 5 amide bonds. The number of carbonyl (C=O) groups is 3. The highest BCUT2D eigenvalue weighted by Gasteiger charge is 2.37. The summed E-state index contributed by atoms with van der Waals surface area (Å²) in [4.78, 5) is 41.5. The first-order chi connectivity index (χ1) is 13.1. The Kier molecular flexibility index (Phi) is 5.65. The molecule has 2 heterocycles.